The first-order valence-corrected chi connectivity index (χ1v) is 18.8. The first kappa shape index (κ1) is 45.2. The largest absolute Gasteiger partial charge is 0.393 e. The number of carbonyl (C=O) groups is 2. The van der Waals surface area contributed by atoms with Gasteiger partial charge in [-0.3, -0.25) is 9.59 Å². The average molecular weight is 633 g/mol. The third-order valence-electron chi connectivity index (χ3n) is 8.07. The van der Waals surface area contributed by atoms with Gasteiger partial charge in [0, 0.05) is 41.0 Å². The van der Waals surface area contributed by atoms with Crippen molar-refractivity contribution in [3.63, 3.8) is 0 Å². The number of hydrogen-bond donors (Lipinski definition) is 1. The molecule has 1 N–H and O–H groups in total. The normalized spacial score (nSPS) is 12.2. The summed E-state index contributed by atoms with van der Waals surface area (Å²) in [6.07, 6.45) is 41.9. The van der Waals surface area contributed by atoms with Crippen LogP contribution in [0.3, 0.4) is 0 Å². The minimum Gasteiger partial charge on any atom is -0.393 e. The van der Waals surface area contributed by atoms with E-state index in [-0.39, 0.29) is 17.9 Å². The van der Waals surface area contributed by atoms with Gasteiger partial charge in [0.05, 0.1) is 6.10 Å². The zero-order chi connectivity index (χ0) is 33.8. The lowest BCUT2D eigenvalue weighted by molar-refractivity contribution is -0.129. The Hall–Kier alpha value is -1.88. The molecule has 0 aliphatic carbocycles. The van der Waals surface area contributed by atoms with Crippen LogP contribution in [0.25, 0.3) is 0 Å². The predicted octanol–water partition coefficient (Wildman–Crippen LogP) is 11.0. The minimum absolute atomic E-state index is 0.155. The lowest BCUT2D eigenvalue weighted by atomic mass is 10.1. The number of rotatable bonds is 29. The molecule has 0 spiro atoms. The van der Waals surface area contributed by atoms with E-state index >= 15 is 0 Å². The van der Waals surface area contributed by atoms with Crippen molar-refractivity contribution < 1.29 is 14.7 Å². The van der Waals surface area contributed by atoms with Crippen molar-refractivity contribution in [1.29, 1.82) is 0 Å². The smallest absolute Gasteiger partial charge is 0.222 e. The molecular weight excluding hydrogens is 556 g/mol. The van der Waals surface area contributed by atoms with Crippen molar-refractivity contribution in [2.24, 2.45) is 0 Å². The quantitative estimate of drug-likeness (QED) is 0.0659. The van der Waals surface area contributed by atoms with Crippen molar-refractivity contribution in [1.82, 2.24) is 9.80 Å². The molecule has 0 rings (SSSR count). The highest BCUT2D eigenvalue weighted by Gasteiger charge is 2.03. The number of amides is 2. The number of nitrogens with zero attached hydrogens (tertiary/aromatic N) is 2. The SMILES string of the molecule is CCCCC/C=C\C/C=C\CCCCCCCC(=O)N(C)C.CCCCCC[C@@H](O)C/C=C\CCCCCCCC(=O)N(C)C. The van der Waals surface area contributed by atoms with Crippen LogP contribution in [0, 0.1) is 0 Å². The Morgan fingerprint density at radius 2 is 0.889 bits per heavy atom. The maximum atomic E-state index is 11.4. The molecule has 45 heavy (non-hydrogen) atoms. The van der Waals surface area contributed by atoms with Crippen LogP contribution in [0.4, 0.5) is 0 Å². The van der Waals surface area contributed by atoms with E-state index in [1.165, 1.54) is 96.3 Å². The van der Waals surface area contributed by atoms with Crippen molar-refractivity contribution in [2.45, 2.75) is 180 Å². The minimum atomic E-state index is -0.155. The number of carbonyl (C=O) groups excluding carboxylic acids is 2. The van der Waals surface area contributed by atoms with E-state index in [2.05, 4.69) is 50.3 Å². The van der Waals surface area contributed by atoms with Crippen LogP contribution in [0.5, 0.6) is 0 Å². The van der Waals surface area contributed by atoms with Gasteiger partial charge in [0.15, 0.2) is 0 Å². The molecule has 0 saturated carbocycles. The van der Waals surface area contributed by atoms with Crippen molar-refractivity contribution >= 4 is 11.8 Å². The second-order valence-electron chi connectivity index (χ2n) is 13.1. The maximum Gasteiger partial charge on any atom is 0.222 e. The number of unbranched alkanes of at least 4 members (excludes halogenated alkanes) is 16. The monoisotopic (exact) mass is 633 g/mol. The van der Waals surface area contributed by atoms with Crippen LogP contribution in [0.1, 0.15) is 174 Å². The van der Waals surface area contributed by atoms with E-state index in [9.17, 15) is 14.7 Å². The maximum absolute atomic E-state index is 11.4. The highest BCUT2D eigenvalue weighted by atomic mass is 16.3. The lowest BCUT2D eigenvalue weighted by Crippen LogP contribution is -2.20. The number of aliphatic hydroxyl groups is 1. The number of allylic oxidation sites excluding steroid dienone is 5. The second kappa shape index (κ2) is 36.6. The molecule has 0 heterocycles. The van der Waals surface area contributed by atoms with Crippen LogP contribution in [0.2, 0.25) is 0 Å². The van der Waals surface area contributed by atoms with Crippen LogP contribution in [-0.4, -0.2) is 61.0 Å². The molecule has 0 fully saturated rings. The fourth-order valence-electron chi connectivity index (χ4n) is 4.90. The molecule has 5 nitrogen and oxygen atoms in total. The van der Waals surface area contributed by atoms with E-state index in [0.29, 0.717) is 12.8 Å². The molecule has 0 bridgehead atoms. The summed E-state index contributed by atoms with van der Waals surface area (Å²) in [6.45, 7) is 4.46. The summed E-state index contributed by atoms with van der Waals surface area (Å²) in [5, 5.41) is 9.85. The molecule has 264 valence electrons. The van der Waals surface area contributed by atoms with E-state index in [0.717, 1.165) is 51.4 Å². The van der Waals surface area contributed by atoms with E-state index in [1.807, 2.05) is 28.2 Å². The van der Waals surface area contributed by atoms with Gasteiger partial charge < -0.3 is 14.9 Å². The van der Waals surface area contributed by atoms with E-state index in [4.69, 9.17) is 0 Å². The van der Waals surface area contributed by atoms with Gasteiger partial charge in [-0.1, -0.05) is 127 Å². The average Bonchev–Trinajstić information content (AvgIpc) is 3.02. The van der Waals surface area contributed by atoms with Crippen LogP contribution >= 0.6 is 0 Å². The van der Waals surface area contributed by atoms with Gasteiger partial charge >= 0.3 is 0 Å². The highest BCUT2D eigenvalue weighted by molar-refractivity contribution is 5.75. The zero-order valence-electron chi connectivity index (χ0n) is 30.9. The fraction of sp³-hybridized carbons (Fsp3) is 0.800. The number of aliphatic hydroxyl groups excluding tert-OH is 1. The van der Waals surface area contributed by atoms with Crippen LogP contribution in [-0.2, 0) is 9.59 Å². The lowest BCUT2D eigenvalue weighted by Gasteiger charge is -2.09. The summed E-state index contributed by atoms with van der Waals surface area (Å²) < 4.78 is 0. The summed E-state index contributed by atoms with van der Waals surface area (Å²) in [5.41, 5.74) is 0. The van der Waals surface area contributed by atoms with Crippen LogP contribution in [0.15, 0.2) is 36.5 Å². The second-order valence-corrected chi connectivity index (χ2v) is 13.1. The van der Waals surface area contributed by atoms with Crippen molar-refractivity contribution in [3.05, 3.63) is 36.5 Å². The van der Waals surface area contributed by atoms with E-state index < -0.39 is 0 Å². The Balaban J connectivity index is 0. The van der Waals surface area contributed by atoms with Crippen LogP contribution < -0.4 is 0 Å². The molecule has 0 aromatic carbocycles. The molecule has 0 aliphatic rings. The molecule has 0 radical (unpaired) electrons. The van der Waals surface area contributed by atoms with Gasteiger partial charge in [-0.2, -0.15) is 0 Å². The van der Waals surface area contributed by atoms with Gasteiger partial charge in [-0.25, -0.2) is 0 Å². The molecule has 0 aromatic heterocycles. The molecule has 0 aliphatic heterocycles. The van der Waals surface area contributed by atoms with Gasteiger partial charge in [-0.05, 0) is 70.6 Å². The highest BCUT2D eigenvalue weighted by Crippen LogP contribution is 2.11. The summed E-state index contributed by atoms with van der Waals surface area (Å²) in [5.74, 6) is 0.492. The van der Waals surface area contributed by atoms with Gasteiger partial charge in [-0.15, -0.1) is 0 Å². The summed E-state index contributed by atoms with van der Waals surface area (Å²) in [6, 6.07) is 0. The molecule has 0 saturated heterocycles. The zero-order valence-corrected chi connectivity index (χ0v) is 30.9. The van der Waals surface area contributed by atoms with Gasteiger partial charge in [0.2, 0.25) is 11.8 Å². The Kier molecular flexibility index (Phi) is 36.8. The first-order valence-electron chi connectivity index (χ1n) is 18.8. The summed E-state index contributed by atoms with van der Waals surface area (Å²) in [4.78, 5) is 26.1. The molecule has 0 aromatic rings. The fourth-order valence-corrected chi connectivity index (χ4v) is 4.90. The Morgan fingerprint density at radius 1 is 0.511 bits per heavy atom. The topological polar surface area (TPSA) is 60.9 Å². The van der Waals surface area contributed by atoms with Crippen molar-refractivity contribution in [3.8, 4) is 0 Å². The first-order chi connectivity index (χ1) is 21.8. The van der Waals surface area contributed by atoms with Crippen molar-refractivity contribution in [2.75, 3.05) is 28.2 Å². The van der Waals surface area contributed by atoms with Gasteiger partial charge in [0.25, 0.3) is 0 Å². The molecule has 1 atom stereocenters. The third-order valence-corrected chi connectivity index (χ3v) is 8.07. The Morgan fingerprint density at radius 3 is 1.36 bits per heavy atom. The predicted molar refractivity (Wildman–Crippen MR) is 198 cm³/mol. The molecular formula is C40H76N2O3. The Bertz CT molecular complexity index is 727. The molecule has 2 amide bonds. The summed E-state index contributed by atoms with van der Waals surface area (Å²) in [7, 11) is 7.29. The van der Waals surface area contributed by atoms with Gasteiger partial charge in [0.1, 0.15) is 0 Å². The standard InChI is InChI=1S/C20H39NO2.C20H37NO/c1-4-5-6-13-16-19(22)17-14-11-9-7-8-10-12-15-18-20(23)21(2)3;1-4-5-6-7-8-9-10-11-12-13-14-15-16-17-18-19-20(22)21(2)3/h11,14,19,22H,4-10,12-13,15-18H2,1-3H3;8-9,11-12H,4-7,10,13-19H2,1-3H3/b14-11-;9-8-,12-11-/t19-;/m1./s1. The van der Waals surface area contributed by atoms with E-state index in [1.54, 1.807) is 9.80 Å². The summed E-state index contributed by atoms with van der Waals surface area (Å²) >= 11 is 0. The molecule has 5 heteroatoms. The molecule has 0 unspecified atom stereocenters. The third kappa shape index (κ3) is 38.2. The Labute approximate surface area is 281 Å². The number of hydrogen-bond acceptors (Lipinski definition) is 3.